The van der Waals surface area contributed by atoms with Crippen molar-refractivity contribution < 1.29 is 14.6 Å². The van der Waals surface area contributed by atoms with Crippen LogP contribution in [-0.2, 0) is 11.3 Å². The fourth-order valence-corrected chi connectivity index (χ4v) is 5.31. The minimum absolute atomic E-state index is 0.0302. The van der Waals surface area contributed by atoms with Crippen LogP contribution in [-0.4, -0.2) is 24.6 Å². The predicted molar refractivity (Wildman–Crippen MR) is 143 cm³/mol. The van der Waals surface area contributed by atoms with E-state index in [1.165, 1.54) is 35.2 Å². The van der Waals surface area contributed by atoms with E-state index in [-0.39, 0.29) is 17.3 Å². The molecule has 0 unspecified atom stereocenters. The molecule has 0 atom stereocenters. The number of nitrogens with zero attached hydrogens (tertiary/aromatic N) is 4. The lowest BCUT2D eigenvalue weighted by molar-refractivity contribution is -0.385. The summed E-state index contributed by atoms with van der Waals surface area (Å²) in [7, 11) is 0. The van der Waals surface area contributed by atoms with Crippen LogP contribution in [0.25, 0.3) is 17.0 Å². The molecule has 1 aromatic heterocycles. The van der Waals surface area contributed by atoms with Gasteiger partial charge in [-0.15, -0.1) is 0 Å². The molecule has 5 rings (SSSR count). The normalized spacial score (nSPS) is 14.7. The van der Waals surface area contributed by atoms with E-state index in [0.717, 1.165) is 33.8 Å². The molecular formula is C25H16N4O5S2. The average Bonchev–Trinajstić information content (AvgIpc) is 3.35. The third-order valence-corrected chi connectivity index (χ3v) is 7.00. The maximum atomic E-state index is 13.2. The van der Waals surface area contributed by atoms with Gasteiger partial charge in [-0.1, -0.05) is 60.4 Å². The number of fused-ring (bicyclic) bond motifs is 1. The zero-order valence-corrected chi connectivity index (χ0v) is 20.1. The largest absolute Gasteiger partial charge is 0.342 e. The van der Waals surface area contributed by atoms with Crippen molar-refractivity contribution in [1.29, 1.82) is 0 Å². The van der Waals surface area contributed by atoms with Gasteiger partial charge < -0.3 is 4.57 Å². The van der Waals surface area contributed by atoms with Crippen LogP contribution in [0.2, 0.25) is 0 Å². The minimum Gasteiger partial charge on any atom is -0.342 e. The van der Waals surface area contributed by atoms with Crippen LogP contribution >= 0.6 is 24.0 Å². The standard InChI is InChI=1S/C25H16N4O5S2/c30-24-23(36-25(35)27(24)19-4-3-5-20(13-19)29(33)34)12-17-15-26(22-7-2-1-6-21(17)22)14-16-8-10-18(11-9-16)28(31)32/h1-13,15H,14H2. The number of non-ortho nitro benzene ring substituents is 2. The van der Waals surface area contributed by atoms with Gasteiger partial charge in [0.25, 0.3) is 17.3 Å². The second-order valence-electron chi connectivity index (χ2n) is 7.95. The van der Waals surface area contributed by atoms with Crippen molar-refractivity contribution in [3.8, 4) is 0 Å². The molecule has 1 amide bonds. The minimum atomic E-state index is -0.517. The van der Waals surface area contributed by atoms with Crippen LogP contribution in [0.1, 0.15) is 11.1 Å². The molecule has 0 saturated carbocycles. The van der Waals surface area contributed by atoms with Crippen molar-refractivity contribution in [3.05, 3.63) is 115 Å². The summed E-state index contributed by atoms with van der Waals surface area (Å²) in [6, 6.07) is 19.9. The number of thiocarbonyl (C=S) groups is 1. The molecule has 0 spiro atoms. The highest BCUT2D eigenvalue weighted by Crippen LogP contribution is 2.38. The summed E-state index contributed by atoms with van der Waals surface area (Å²) < 4.78 is 2.31. The van der Waals surface area contributed by atoms with Crippen molar-refractivity contribution in [2.75, 3.05) is 4.90 Å². The first kappa shape index (κ1) is 23.4. The van der Waals surface area contributed by atoms with Crippen LogP contribution in [0, 0.1) is 20.2 Å². The summed E-state index contributed by atoms with van der Waals surface area (Å²) in [6.07, 6.45) is 3.69. The monoisotopic (exact) mass is 516 g/mol. The third-order valence-electron chi connectivity index (χ3n) is 5.70. The van der Waals surface area contributed by atoms with E-state index in [2.05, 4.69) is 0 Å². The molecule has 4 aromatic rings. The van der Waals surface area contributed by atoms with Crippen molar-refractivity contribution >= 4 is 68.2 Å². The lowest BCUT2D eigenvalue weighted by atomic mass is 10.1. The number of hydrogen-bond acceptors (Lipinski definition) is 7. The second kappa shape index (κ2) is 9.36. The van der Waals surface area contributed by atoms with Gasteiger partial charge in [-0.3, -0.25) is 29.9 Å². The molecule has 1 aliphatic rings. The van der Waals surface area contributed by atoms with Gasteiger partial charge in [0.05, 0.1) is 20.4 Å². The Bertz CT molecular complexity index is 1590. The first-order valence-electron chi connectivity index (χ1n) is 10.7. The molecule has 0 aliphatic carbocycles. The summed E-state index contributed by atoms with van der Waals surface area (Å²) in [5.41, 5.74) is 2.89. The Hall–Kier alpha value is -4.35. The summed E-state index contributed by atoms with van der Waals surface area (Å²) >= 11 is 6.56. The molecule has 1 aliphatic heterocycles. The molecule has 0 N–H and O–H groups in total. The number of anilines is 1. The van der Waals surface area contributed by atoms with Crippen molar-refractivity contribution in [2.24, 2.45) is 0 Å². The smallest absolute Gasteiger partial charge is 0.271 e. The number of para-hydroxylation sites is 1. The van der Waals surface area contributed by atoms with E-state index < -0.39 is 9.85 Å². The van der Waals surface area contributed by atoms with Crippen LogP contribution in [0.15, 0.2) is 83.9 Å². The van der Waals surface area contributed by atoms with E-state index >= 15 is 0 Å². The summed E-state index contributed by atoms with van der Waals surface area (Å²) in [4.78, 5) is 36.1. The van der Waals surface area contributed by atoms with Gasteiger partial charge >= 0.3 is 0 Å². The van der Waals surface area contributed by atoms with Gasteiger partial charge in [-0.2, -0.15) is 0 Å². The van der Waals surface area contributed by atoms with Gasteiger partial charge in [0.15, 0.2) is 4.32 Å². The number of amides is 1. The summed E-state index contributed by atoms with van der Waals surface area (Å²) in [6.45, 7) is 0.487. The average molecular weight is 517 g/mol. The molecule has 178 valence electrons. The Labute approximate surface area is 213 Å². The first-order valence-corrected chi connectivity index (χ1v) is 11.9. The highest BCUT2D eigenvalue weighted by atomic mass is 32.2. The molecule has 0 radical (unpaired) electrons. The van der Waals surface area contributed by atoms with Gasteiger partial charge in [-0.25, -0.2) is 0 Å². The van der Waals surface area contributed by atoms with E-state index in [9.17, 15) is 25.0 Å². The molecule has 1 fully saturated rings. The quantitative estimate of drug-likeness (QED) is 0.135. The Morgan fingerprint density at radius 3 is 2.36 bits per heavy atom. The summed E-state index contributed by atoms with van der Waals surface area (Å²) in [5.74, 6) is -0.349. The van der Waals surface area contributed by atoms with E-state index in [4.69, 9.17) is 12.2 Å². The first-order chi connectivity index (χ1) is 17.3. The van der Waals surface area contributed by atoms with Crippen molar-refractivity contribution in [3.63, 3.8) is 0 Å². The van der Waals surface area contributed by atoms with Crippen molar-refractivity contribution in [1.82, 2.24) is 4.57 Å². The maximum Gasteiger partial charge on any atom is 0.271 e. The van der Waals surface area contributed by atoms with Crippen LogP contribution < -0.4 is 4.90 Å². The SMILES string of the molecule is O=C1C(=Cc2cn(Cc3ccc([N+](=O)[O-])cc3)c3ccccc23)SC(=S)N1c1cccc([N+](=O)[O-])c1. The number of carbonyl (C=O) groups excluding carboxylic acids is 1. The molecular weight excluding hydrogens is 500 g/mol. The number of nitro benzene ring substituents is 2. The number of nitro groups is 2. The molecule has 36 heavy (non-hydrogen) atoms. The van der Waals surface area contributed by atoms with Crippen LogP contribution in [0.3, 0.4) is 0 Å². The number of hydrogen-bond donors (Lipinski definition) is 0. The Morgan fingerprint density at radius 1 is 0.917 bits per heavy atom. The van der Waals surface area contributed by atoms with E-state index in [1.807, 2.05) is 35.0 Å². The highest BCUT2D eigenvalue weighted by Gasteiger charge is 2.34. The lowest BCUT2D eigenvalue weighted by Gasteiger charge is -2.13. The van der Waals surface area contributed by atoms with E-state index in [1.54, 1.807) is 24.3 Å². The second-order valence-corrected chi connectivity index (χ2v) is 9.62. The lowest BCUT2D eigenvalue weighted by Crippen LogP contribution is -2.27. The molecule has 0 bridgehead atoms. The summed E-state index contributed by atoms with van der Waals surface area (Å²) in [5, 5.41) is 23.0. The zero-order valence-electron chi connectivity index (χ0n) is 18.4. The molecule has 3 aromatic carbocycles. The van der Waals surface area contributed by atoms with Crippen LogP contribution in [0.4, 0.5) is 17.1 Å². The number of aromatic nitrogens is 1. The van der Waals surface area contributed by atoms with Gasteiger partial charge in [0.2, 0.25) is 0 Å². The van der Waals surface area contributed by atoms with Gasteiger partial charge in [0, 0.05) is 53.5 Å². The fraction of sp³-hybridized carbons (Fsp3) is 0.0400. The molecule has 9 nitrogen and oxygen atoms in total. The number of rotatable bonds is 6. The van der Waals surface area contributed by atoms with Gasteiger partial charge in [0.1, 0.15) is 0 Å². The van der Waals surface area contributed by atoms with Crippen molar-refractivity contribution in [2.45, 2.75) is 6.54 Å². The third kappa shape index (κ3) is 4.37. The Morgan fingerprint density at radius 2 is 1.64 bits per heavy atom. The topological polar surface area (TPSA) is 112 Å². The fourth-order valence-electron chi connectivity index (χ4n) is 4.02. The van der Waals surface area contributed by atoms with Crippen LogP contribution in [0.5, 0.6) is 0 Å². The van der Waals surface area contributed by atoms with Gasteiger partial charge in [-0.05, 0) is 23.8 Å². The molecule has 1 saturated heterocycles. The molecule has 2 heterocycles. The number of carbonyl (C=O) groups is 1. The number of benzene rings is 3. The highest BCUT2D eigenvalue weighted by molar-refractivity contribution is 8.27. The molecule has 11 heteroatoms. The Kier molecular flexibility index (Phi) is 6.08. The maximum absolute atomic E-state index is 13.2. The Balaban J connectivity index is 1.48. The predicted octanol–water partition coefficient (Wildman–Crippen LogP) is 5.91. The zero-order chi connectivity index (χ0) is 25.4. The van der Waals surface area contributed by atoms with E-state index in [0.29, 0.717) is 21.5 Å². The number of thioether (sulfide) groups is 1.